The number of nitrogens with two attached hydrogens (primary N) is 1. The fourth-order valence-corrected chi connectivity index (χ4v) is 1.84. The minimum Gasteiger partial charge on any atom is -0.398 e. The zero-order chi connectivity index (χ0) is 14.7. The van der Waals surface area contributed by atoms with Crippen LogP contribution in [-0.2, 0) is 0 Å². The summed E-state index contributed by atoms with van der Waals surface area (Å²) in [5, 5.41) is 11.5. The van der Waals surface area contributed by atoms with Gasteiger partial charge in [0.2, 0.25) is 0 Å². The molecule has 0 saturated carbocycles. The predicted octanol–water partition coefficient (Wildman–Crippen LogP) is 3.29. The van der Waals surface area contributed by atoms with Gasteiger partial charge in [-0.25, -0.2) is 4.39 Å². The summed E-state index contributed by atoms with van der Waals surface area (Å²) in [5.74, 6) is -0.959. The van der Waals surface area contributed by atoms with Crippen molar-refractivity contribution in [2.24, 2.45) is 0 Å². The van der Waals surface area contributed by atoms with Crippen LogP contribution in [0.15, 0.2) is 40.9 Å². The molecule has 3 N–H and O–H groups in total. The van der Waals surface area contributed by atoms with Crippen molar-refractivity contribution in [2.45, 2.75) is 0 Å². The van der Waals surface area contributed by atoms with Crippen LogP contribution in [0.25, 0.3) is 0 Å². The van der Waals surface area contributed by atoms with Crippen LogP contribution in [0.2, 0.25) is 0 Å². The Kier molecular flexibility index (Phi) is 4.01. The van der Waals surface area contributed by atoms with E-state index in [9.17, 15) is 9.18 Å². The number of nitrogens with zero attached hydrogens (tertiary/aromatic N) is 1. The number of hydrogen-bond donors (Lipinski definition) is 2. The number of nitriles is 1. The summed E-state index contributed by atoms with van der Waals surface area (Å²) in [6.07, 6.45) is 0. The number of carbonyl (C=O) groups is 1. The molecule has 20 heavy (non-hydrogen) atoms. The van der Waals surface area contributed by atoms with E-state index >= 15 is 0 Å². The molecule has 0 atom stereocenters. The summed E-state index contributed by atoms with van der Waals surface area (Å²) in [7, 11) is 0. The van der Waals surface area contributed by atoms with E-state index in [1.54, 1.807) is 12.1 Å². The van der Waals surface area contributed by atoms with Crippen molar-refractivity contribution in [3.8, 4) is 6.07 Å². The molecular weight excluding hydrogens is 325 g/mol. The average Bonchev–Trinajstić information content (AvgIpc) is 2.43. The van der Waals surface area contributed by atoms with Gasteiger partial charge < -0.3 is 11.1 Å². The lowest BCUT2D eigenvalue weighted by Gasteiger charge is -2.08. The Morgan fingerprint density at radius 3 is 2.70 bits per heavy atom. The number of hydrogen-bond acceptors (Lipinski definition) is 3. The Bertz CT molecular complexity index is 725. The highest BCUT2D eigenvalue weighted by atomic mass is 79.9. The second-order valence-corrected chi connectivity index (χ2v) is 4.85. The number of benzene rings is 2. The Morgan fingerprint density at radius 1 is 1.30 bits per heavy atom. The van der Waals surface area contributed by atoms with E-state index in [1.807, 2.05) is 6.07 Å². The largest absolute Gasteiger partial charge is 0.398 e. The number of halogens is 2. The topological polar surface area (TPSA) is 78.9 Å². The third-order valence-electron chi connectivity index (χ3n) is 2.61. The van der Waals surface area contributed by atoms with Crippen LogP contribution in [0.3, 0.4) is 0 Å². The summed E-state index contributed by atoms with van der Waals surface area (Å²) in [6, 6.07) is 10.2. The molecule has 2 rings (SSSR count). The van der Waals surface area contributed by atoms with Gasteiger partial charge in [0.15, 0.2) is 0 Å². The van der Waals surface area contributed by atoms with Gasteiger partial charge in [-0.3, -0.25) is 4.79 Å². The molecular formula is C14H9BrFN3O. The molecule has 0 aliphatic rings. The van der Waals surface area contributed by atoms with E-state index < -0.39 is 11.7 Å². The highest BCUT2D eigenvalue weighted by molar-refractivity contribution is 9.10. The van der Waals surface area contributed by atoms with Gasteiger partial charge in [-0.1, -0.05) is 0 Å². The second kappa shape index (κ2) is 5.72. The molecule has 0 radical (unpaired) electrons. The SMILES string of the molecule is N#Cc1cc(F)ccc1NC(=O)c1ccc(Br)c(N)c1. The van der Waals surface area contributed by atoms with Crippen LogP contribution >= 0.6 is 15.9 Å². The van der Waals surface area contributed by atoms with Crippen molar-refractivity contribution in [2.75, 3.05) is 11.1 Å². The summed E-state index contributed by atoms with van der Waals surface area (Å²) >= 11 is 3.23. The number of nitrogen functional groups attached to an aromatic ring is 1. The van der Waals surface area contributed by atoms with Gasteiger partial charge in [0.05, 0.1) is 11.3 Å². The van der Waals surface area contributed by atoms with Crippen molar-refractivity contribution >= 4 is 33.2 Å². The zero-order valence-corrected chi connectivity index (χ0v) is 11.7. The number of rotatable bonds is 2. The second-order valence-electron chi connectivity index (χ2n) is 3.99. The number of amides is 1. The minimum atomic E-state index is -0.535. The molecule has 0 aromatic heterocycles. The van der Waals surface area contributed by atoms with Gasteiger partial charge in [0.25, 0.3) is 5.91 Å². The smallest absolute Gasteiger partial charge is 0.255 e. The highest BCUT2D eigenvalue weighted by Crippen LogP contribution is 2.22. The summed E-state index contributed by atoms with van der Waals surface area (Å²) in [5.41, 5.74) is 6.78. The molecule has 0 bridgehead atoms. The normalized spacial score (nSPS) is 9.85. The average molecular weight is 334 g/mol. The first-order valence-corrected chi connectivity index (χ1v) is 6.36. The lowest BCUT2D eigenvalue weighted by Crippen LogP contribution is -2.13. The van der Waals surface area contributed by atoms with Gasteiger partial charge in [-0.2, -0.15) is 5.26 Å². The Balaban J connectivity index is 2.28. The van der Waals surface area contributed by atoms with E-state index in [0.717, 1.165) is 6.07 Å². The fourth-order valence-electron chi connectivity index (χ4n) is 1.60. The molecule has 1 amide bonds. The Labute approximate surface area is 123 Å². The molecule has 2 aromatic carbocycles. The first-order valence-electron chi connectivity index (χ1n) is 5.57. The van der Waals surface area contributed by atoms with E-state index in [2.05, 4.69) is 21.2 Å². The minimum absolute atomic E-state index is 0.0587. The van der Waals surface area contributed by atoms with Gasteiger partial charge in [-0.05, 0) is 52.3 Å². The quantitative estimate of drug-likeness (QED) is 0.827. The monoisotopic (exact) mass is 333 g/mol. The molecule has 0 fully saturated rings. The van der Waals surface area contributed by atoms with E-state index in [4.69, 9.17) is 11.0 Å². The summed E-state index contributed by atoms with van der Waals surface area (Å²) in [4.78, 5) is 12.0. The molecule has 0 spiro atoms. The summed E-state index contributed by atoms with van der Waals surface area (Å²) in [6.45, 7) is 0. The molecule has 4 nitrogen and oxygen atoms in total. The van der Waals surface area contributed by atoms with Crippen molar-refractivity contribution in [1.82, 2.24) is 0 Å². The van der Waals surface area contributed by atoms with Crippen molar-refractivity contribution in [3.05, 3.63) is 57.8 Å². The lowest BCUT2D eigenvalue weighted by atomic mass is 10.1. The van der Waals surface area contributed by atoms with Crippen LogP contribution in [0, 0.1) is 17.1 Å². The Hall–Kier alpha value is -2.39. The third-order valence-corrected chi connectivity index (χ3v) is 3.33. The molecule has 0 aliphatic carbocycles. The maximum absolute atomic E-state index is 13.0. The van der Waals surface area contributed by atoms with E-state index in [-0.39, 0.29) is 11.3 Å². The van der Waals surface area contributed by atoms with Crippen LogP contribution in [0.1, 0.15) is 15.9 Å². The van der Waals surface area contributed by atoms with E-state index in [1.165, 1.54) is 18.2 Å². The highest BCUT2D eigenvalue weighted by Gasteiger charge is 2.11. The number of carbonyl (C=O) groups excluding carboxylic acids is 1. The van der Waals surface area contributed by atoms with Gasteiger partial charge >= 0.3 is 0 Å². The number of nitrogens with one attached hydrogen (secondary N) is 1. The van der Waals surface area contributed by atoms with Crippen molar-refractivity contribution in [1.29, 1.82) is 5.26 Å². The first kappa shape index (κ1) is 14.0. The lowest BCUT2D eigenvalue weighted by molar-refractivity contribution is 0.102. The summed E-state index contributed by atoms with van der Waals surface area (Å²) < 4.78 is 13.7. The van der Waals surface area contributed by atoms with Crippen LogP contribution < -0.4 is 11.1 Å². The van der Waals surface area contributed by atoms with Crippen molar-refractivity contribution in [3.63, 3.8) is 0 Å². The molecule has 0 heterocycles. The van der Waals surface area contributed by atoms with Crippen LogP contribution in [0.4, 0.5) is 15.8 Å². The maximum Gasteiger partial charge on any atom is 0.255 e. The predicted molar refractivity (Wildman–Crippen MR) is 77.6 cm³/mol. The molecule has 6 heteroatoms. The molecule has 0 saturated heterocycles. The standard InChI is InChI=1S/C14H9BrFN3O/c15-11-3-1-8(6-12(11)18)14(20)19-13-4-2-10(16)5-9(13)7-17/h1-6H,18H2,(H,19,20). The van der Waals surface area contributed by atoms with E-state index in [0.29, 0.717) is 15.7 Å². The van der Waals surface area contributed by atoms with Crippen LogP contribution in [-0.4, -0.2) is 5.91 Å². The van der Waals surface area contributed by atoms with Gasteiger partial charge in [0.1, 0.15) is 11.9 Å². The van der Waals surface area contributed by atoms with Crippen molar-refractivity contribution < 1.29 is 9.18 Å². The first-order chi connectivity index (χ1) is 9.51. The van der Waals surface area contributed by atoms with Crippen LogP contribution in [0.5, 0.6) is 0 Å². The van der Waals surface area contributed by atoms with Gasteiger partial charge in [0, 0.05) is 15.7 Å². The molecule has 0 unspecified atom stereocenters. The maximum atomic E-state index is 13.0. The number of anilines is 2. The molecule has 0 aliphatic heterocycles. The fraction of sp³-hybridized carbons (Fsp3) is 0. The van der Waals surface area contributed by atoms with Gasteiger partial charge in [-0.15, -0.1) is 0 Å². The third kappa shape index (κ3) is 2.95. The molecule has 100 valence electrons. The Morgan fingerprint density at radius 2 is 2.05 bits per heavy atom. The molecule has 2 aromatic rings. The zero-order valence-electron chi connectivity index (χ0n) is 10.2.